The van der Waals surface area contributed by atoms with Crippen molar-refractivity contribution in [2.24, 2.45) is 5.73 Å². The van der Waals surface area contributed by atoms with Crippen LogP contribution in [0.25, 0.3) is 0 Å². The average Bonchev–Trinajstić information content (AvgIpc) is 2.48. The summed E-state index contributed by atoms with van der Waals surface area (Å²) in [4.78, 5) is 4.33. The Balaban J connectivity index is 1.89. The van der Waals surface area contributed by atoms with Crippen LogP contribution in [0.3, 0.4) is 0 Å². The van der Waals surface area contributed by atoms with Gasteiger partial charge in [0.25, 0.3) is 0 Å². The summed E-state index contributed by atoms with van der Waals surface area (Å²) in [6.07, 6.45) is 4.76. The van der Waals surface area contributed by atoms with Crippen molar-refractivity contribution in [2.75, 3.05) is 7.11 Å². The molecule has 0 saturated heterocycles. The Kier molecular flexibility index (Phi) is 4.93. The highest BCUT2D eigenvalue weighted by Gasteiger charge is 2.12. The minimum atomic E-state index is -0.0696. The molecule has 0 aliphatic carbocycles. The van der Waals surface area contributed by atoms with E-state index in [1.807, 2.05) is 18.2 Å². The van der Waals surface area contributed by atoms with Gasteiger partial charge in [-0.2, -0.15) is 0 Å². The molecule has 3 heteroatoms. The van der Waals surface area contributed by atoms with E-state index in [9.17, 15) is 0 Å². The molecule has 19 heavy (non-hydrogen) atoms. The number of pyridine rings is 1. The zero-order chi connectivity index (χ0) is 13.5. The van der Waals surface area contributed by atoms with Gasteiger partial charge in [-0.3, -0.25) is 4.98 Å². The maximum atomic E-state index is 6.19. The Morgan fingerprint density at radius 3 is 2.68 bits per heavy atom. The summed E-state index contributed by atoms with van der Waals surface area (Å²) in [5.41, 5.74) is 8.39. The lowest BCUT2D eigenvalue weighted by molar-refractivity contribution is 0.399. The summed E-state index contributed by atoms with van der Waals surface area (Å²) in [7, 11) is 1.65. The third-order valence-corrected chi connectivity index (χ3v) is 3.19. The molecule has 1 atom stereocenters. The van der Waals surface area contributed by atoms with Gasteiger partial charge in [0, 0.05) is 6.20 Å². The molecule has 0 bridgehead atoms. The molecule has 0 aliphatic rings. The zero-order valence-corrected chi connectivity index (χ0v) is 11.3. The molecule has 2 N–H and O–H groups in total. The van der Waals surface area contributed by atoms with E-state index in [4.69, 9.17) is 10.5 Å². The second kappa shape index (κ2) is 6.90. The van der Waals surface area contributed by atoms with Gasteiger partial charge in [-0.1, -0.05) is 30.3 Å². The standard InChI is InChI=1S/C16H20N2O/c1-19-15-11-6-12-18-16(15)14(17)10-5-9-13-7-3-2-4-8-13/h2-4,6-8,11-12,14H,5,9-10,17H2,1H3. The van der Waals surface area contributed by atoms with Crippen molar-refractivity contribution in [3.05, 3.63) is 59.9 Å². The minimum Gasteiger partial charge on any atom is -0.495 e. The van der Waals surface area contributed by atoms with Crippen LogP contribution in [0.4, 0.5) is 0 Å². The minimum absolute atomic E-state index is 0.0696. The topological polar surface area (TPSA) is 48.1 Å². The number of methoxy groups -OCH3 is 1. The van der Waals surface area contributed by atoms with Crippen LogP contribution in [0, 0.1) is 0 Å². The molecule has 100 valence electrons. The summed E-state index contributed by atoms with van der Waals surface area (Å²) < 4.78 is 5.29. The van der Waals surface area contributed by atoms with Gasteiger partial charge in [0.15, 0.2) is 0 Å². The van der Waals surface area contributed by atoms with Crippen molar-refractivity contribution < 1.29 is 4.74 Å². The van der Waals surface area contributed by atoms with E-state index in [0.717, 1.165) is 30.7 Å². The lowest BCUT2D eigenvalue weighted by atomic mass is 10.0. The predicted octanol–water partition coefficient (Wildman–Crippen LogP) is 3.11. The molecule has 2 aromatic rings. The Morgan fingerprint density at radius 1 is 1.16 bits per heavy atom. The lowest BCUT2D eigenvalue weighted by Gasteiger charge is -2.14. The molecular weight excluding hydrogens is 236 g/mol. The van der Waals surface area contributed by atoms with Crippen molar-refractivity contribution in [1.29, 1.82) is 0 Å². The molecule has 1 aromatic carbocycles. The van der Waals surface area contributed by atoms with Crippen molar-refractivity contribution in [3.8, 4) is 5.75 Å². The number of hydrogen-bond acceptors (Lipinski definition) is 3. The molecule has 0 aliphatic heterocycles. The molecular formula is C16H20N2O. The summed E-state index contributed by atoms with van der Waals surface area (Å²) in [6, 6.07) is 14.2. The molecule has 1 heterocycles. The van der Waals surface area contributed by atoms with Gasteiger partial charge in [0.2, 0.25) is 0 Å². The Bertz CT molecular complexity index is 499. The van der Waals surface area contributed by atoms with E-state index in [0.29, 0.717) is 0 Å². The Hall–Kier alpha value is -1.87. The third-order valence-electron chi connectivity index (χ3n) is 3.19. The van der Waals surface area contributed by atoms with Crippen molar-refractivity contribution in [3.63, 3.8) is 0 Å². The van der Waals surface area contributed by atoms with Gasteiger partial charge >= 0.3 is 0 Å². The quantitative estimate of drug-likeness (QED) is 0.864. The summed E-state index contributed by atoms with van der Waals surface area (Å²) >= 11 is 0. The molecule has 3 nitrogen and oxygen atoms in total. The molecule has 0 amide bonds. The smallest absolute Gasteiger partial charge is 0.141 e. The van der Waals surface area contributed by atoms with Gasteiger partial charge in [-0.15, -0.1) is 0 Å². The first-order valence-electron chi connectivity index (χ1n) is 6.59. The van der Waals surface area contributed by atoms with Crippen molar-refractivity contribution in [1.82, 2.24) is 4.98 Å². The van der Waals surface area contributed by atoms with Crippen LogP contribution in [0.2, 0.25) is 0 Å². The number of benzene rings is 1. The van der Waals surface area contributed by atoms with Crippen LogP contribution in [-0.2, 0) is 6.42 Å². The maximum Gasteiger partial charge on any atom is 0.141 e. The van der Waals surface area contributed by atoms with E-state index >= 15 is 0 Å². The van der Waals surface area contributed by atoms with E-state index < -0.39 is 0 Å². The molecule has 1 unspecified atom stereocenters. The number of ether oxygens (including phenoxy) is 1. The zero-order valence-electron chi connectivity index (χ0n) is 11.3. The molecule has 0 spiro atoms. The van der Waals surface area contributed by atoms with Gasteiger partial charge < -0.3 is 10.5 Å². The number of hydrogen-bond donors (Lipinski definition) is 1. The van der Waals surface area contributed by atoms with E-state index in [-0.39, 0.29) is 6.04 Å². The number of rotatable bonds is 6. The van der Waals surface area contributed by atoms with Gasteiger partial charge in [-0.05, 0) is 37.0 Å². The summed E-state index contributed by atoms with van der Waals surface area (Å²) in [5.74, 6) is 0.773. The molecule has 0 radical (unpaired) electrons. The molecule has 1 aromatic heterocycles. The highest BCUT2D eigenvalue weighted by atomic mass is 16.5. The fourth-order valence-corrected chi connectivity index (χ4v) is 2.16. The highest BCUT2D eigenvalue weighted by molar-refractivity contribution is 5.29. The van der Waals surface area contributed by atoms with E-state index in [1.165, 1.54) is 5.56 Å². The SMILES string of the molecule is COc1cccnc1C(N)CCCc1ccccc1. The van der Waals surface area contributed by atoms with Crippen LogP contribution in [0.5, 0.6) is 5.75 Å². The van der Waals surface area contributed by atoms with Crippen LogP contribution in [0.1, 0.15) is 30.1 Å². The van der Waals surface area contributed by atoms with Crippen LogP contribution in [-0.4, -0.2) is 12.1 Å². The molecule has 0 fully saturated rings. The fraction of sp³-hybridized carbons (Fsp3) is 0.312. The van der Waals surface area contributed by atoms with Crippen LogP contribution in [0.15, 0.2) is 48.7 Å². The number of aromatic nitrogens is 1. The second-order valence-electron chi connectivity index (χ2n) is 4.58. The number of nitrogens with zero attached hydrogens (tertiary/aromatic N) is 1. The number of aryl methyl sites for hydroxylation is 1. The van der Waals surface area contributed by atoms with Gasteiger partial charge in [0.1, 0.15) is 5.75 Å². The molecule has 2 rings (SSSR count). The second-order valence-corrected chi connectivity index (χ2v) is 4.58. The van der Waals surface area contributed by atoms with Crippen LogP contribution < -0.4 is 10.5 Å². The third kappa shape index (κ3) is 3.80. The largest absolute Gasteiger partial charge is 0.495 e. The maximum absolute atomic E-state index is 6.19. The fourth-order valence-electron chi connectivity index (χ4n) is 2.16. The van der Waals surface area contributed by atoms with Gasteiger partial charge in [0.05, 0.1) is 18.8 Å². The first kappa shape index (κ1) is 13.6. The predicted molar refractivity (Wildman–Crippen MR) is 77.1 cm³/mol. The lowest BCUT2D eigenvalue weighted by Crippen LogP contribution is -2.13. The van der Waals surface area contributed by atoms with Crippen molar-refractivity contribution in [2.45, 2.75) is 25.3 Å². The van der Waals surface area contributed by atoms with Gasteiger partial charge in [-0.25, -0.2) is 0 Å². The summed E-state index contributed by atoms with van der Waals surface area (Å²) in [6.45, 7) is 0. The van der Waals surface area contributed by atoms with E-state index in [2.05, 4.69) is 29.2 Å². The monoisotopic (exact) mass is 256 g/mol. The van der Waals surface area contributed by atoms with Crippen LogP contribution >= 0.6 is 0 Å². The first-order chi connectivity index (χ1) is 9.31. The van der Waals surface area contributed by atoms with Crippen molar-refractivity contribution >= 4 is 0 Å². The Morgan fingerprint density at radius 2 is 1.95 bits per heavy atom. The average molecular weight is 256 g/mol. The highest BCUT2D eigenvalue weighted by Crippen LogP contribution is 2.24. The van der Waals surface area contributed by atoms with E-state index in [1.54, 1.807) is 13.3 Å². The normalized spacial score (nSPS) is 12.1. The summed E-state index contributed by atoms with van der Waals surface area (Å²) in [5, 5.41) is 0. The Labute approximate surface area is 114 Å². The molecule has 0 saturated carbocycles. The first-order valence-corrected chi connectivity index (χ1v) is 6.59. The number of nitrogens with two attached hydrogens (primary N) is 1.